The average molecular weight is 290 g/mol. The molecule has 0 saturated heterocycles. The molecular formula is C13H8F2N4O2. The van der Waals surface area contributed by atoms with E-state index in [2.05, 4.69) is 15.1 Å². The summed E-state index contributed by atoms with van der Waals surface area (Å²) in [5.74, 6) is -2.52. The molecule has 0 radical (unpaired) electrons. The van der Waals surface area contributed by atoms with Crippen molar-refractivity contribution in [3.05, 3.63) is 47.9 Å². The SMILES string of the molecule is O=C(O)Cc1nc2nccc(-c3c(F)cccc3F)n2n1. The zero-order valence-electron chi connectivity index (χ0n) is 10.5. The van der Waals surface area contributed by atoms with Crippen molar-refractivity contribution in [1.82, 2.24) is 19.6 Å². The maximum absolute atomic E-state index is 13.9. The van der Waals surface area contributed by atoms with Crippen molar-refractivity contribution < 1.29 is 18.7 Å². The van der Waals surface area contributed by atoms with Crippen molar-refractivity contribution in [2.75, 3.05) is 0 Å². The maximum atomic E-state index is 13.9. The Hall–Kier alpha value is -2.90. The van der Waals surface area contributed by atoms with Crippen LogP contribution in [0.5, 0.6) is 0 Å². The van der Waals surface area contributed by atoms with E-state index in [9.17, 15) is 13.6 Å². The lowest BCUT2D eigenvalue weighted by Crippen LogP contribution is -2.03. The van der Waals surface area contributed by atoms with Crippen LogP contribution in [0.15, 0.2) is 30.5 Å². The van der Waals surface area contributed by atoms with Crippen molar-refractivity contribution in [3.8, 4) is 11.3 Å². The molecule has 21 heavy (non-hydrogen) atoms. The summed E-state index contributed by atoms with van der Waals surface area (Å²) in [5, 5.41) is 12.7. The Kier molecular flexibility index (Phi) is 3.05. The summed E-state index contributed by atoms with van der Waals surface area (Å²) >= 11 is 0. The lowest BCUT2D eigenvalue weighted by Gasteiger charge is -2.06. The number of carbonyl (C=O) groups is 1. The molecular weight excluding hydrogens is 282 g/mol. The zero-order valence-corrected chi connectivity index (χ0v) is 10.5. The third-order valence-corrected chi connectivity index (χ3v) is 2.81. The van der Waals surface area contributed by atoms with Crippen LogP contribution >= 0.6 is 0 Å². The average Bonchev–Trinajstić information content (AvgIpc) is 2.80. The highest BCUT2D eigenvalue weighted by atomic mass is 19.1. The fourth-order valence-corrected chi connectivity index (χ4v) is 1.98. The van der Waals surface area contributed by atoms with Gasteiger partial charge in [-0.05, 0) is 18.2 Å². The minimum atomic E-state index is -1.11. The largest absolute Gasteiger partial charge is 0.481 e. The van der Waals surface area contributed by atoms with Crippen LogP contribution in [0.1, 0.15) is 5.82 Å². The van der Waals surface area contributed by atoms with E-state index >= 15 is 0 Å². The number of fused-ring (bicyclic) bond motifs is 1. The zero-order chi connectivity index (χ0) is 15.0. The summed E-state index contributed by atoms with van der Waals surface area (Å²) in [6.07, 6.45) is 0.929. The number of hydrogen-bond donors (Lipinski definition) is 1. The molecule has 0 saturated carbocycles. The van der Waals surface area contributed by atoms with Gasteiger partial charge in [0.2, 0.25) is 0 Å². The molecule has 0 amide bonds. The van der Waals surface area contributed by atoms with Gasteiger partial charge in [0.15, 0.2) is 5.82 Å². The fraction of sp³-hybridized carbons (Fsp3) is 0.0769. The van der Waals surface area contributed by atoms with Gasteiger partial charge >= 0.3 is 5.97 Å². The van der Waals surface area contributed by atoms with Crippen LogP contribution < -0.4 is 0 Å². The van der Waals surface area contributed by atoms with E-state index in [0.29, 0.717) is 0 Å². The molecule has 2 heterocycles. The molecule has 6 nitrogen and oxygen atoms in total. The van der Waals surface area contributed by atoms with Crippen LogP contribution in [0, 0.1) is 11.6 Å². The number of aromatic nitrogens is 4. The van der Waals surface area contributed by atoms with E-state index in [1.165, 1.54) is 18.3 Å². The van der Waals surface area contributed by atoms with Gasteiger partial charge in [0, 0.05) is 6.20 Å². The topological polar surface area (TPSA) is 80.4 Å². The van der Waals surface area contributed by atoms with Crippen molar-refractivity contribution in [3.63, 3.8) is 0 Å². The van der Waals surface area contributed by atoms with E-state index in [-0.39, 0.29) is 22.9 Å². The van der Waals surface area contributed by atoms with Gasteiger partial charge in [-0.1, -0.05) is 6.07 Å². The third kappa shape index (κ3) is 2.31. The summed E-state index contributed by atoms with van der Waals surface area (Å²) in [4.78, 5) is 18.5. The minimum Gasteiger partial charge on any atom is -0.481 e. The molecule has 1 aromatic carbocycles. The smallest absolute Gasteiger partial charge is 0.311 e. The van der Waals surface area contributed by atoms with Gasteiger partial charge in [-0.25, -0.2) is 13.8 Å². The van der Waals surface area contributed by atoms with E-state index in [0.717, 1.165) is 16.6 Å². The van der Waals surface area contributed by atoms with Crippen molar-refractivity contribution in [2.45, 2.75) is 6.42 Å². The molecule has 0 atom stereocenters. The van der Waals surface area contributed by atoms with Gasteiger partial charge in [0.25, 0.3) is 5.78 Å². The van der Waals surface area contributed by atoms with E-state index < -0.39 is 24.0 Å². The molecule has 0 unspecified atom stereocenters. The van der Waals surface area contributed by atoms with Crippen molar-refractivity contribution >= 4 is 11.7 Å². The standard InChI is InChI=1S/C13H8F2N4O2/c14-7-2-1-3-8(15)12(7)9-4-5-16-13-17-10(6-11(20)21)18-19(9)13/h1-5H,6H2,(H,20,21). The van der Waals surface area contributed by atoms with Crippen LogP contribution in [0.25, 0.3) is 17.0 Å². The number of nitrogens with zero attached hydrogens (tertiary/aromatic N) is 4. The molecule has 0 spiro atoms. The van der Waals surface area contributed by atoms with Gasteiger partial charge in [0.05, 0.1) is 11.3 Å². The Balaban J connectivity index is 2.23. The Morgan fingerprint density at radius 1 is 1.24 bits per heavy atom. The van der Waals surface area contributed by atoms with Gasteiger partial charge in [-0.2, -0.15) is 9.50 Å². The summed E-state index contributed by atoms with van der Waals surface area (Å²) < 4.78 is 28.9. The second-order valence-electron chi connectivity index (χ2n) is 4.24. The first-order chi connectivity index (χ1) is 10.1. The van der Waals surface area contributed by atoms with Crippen LogP contribution in [0.4, 0.5) is 8.78 Å². The van der Waals surface area contributed by atoms with Crippen molar-refractivity contribution in [2.24, 2.45) is 0 Å². The number of hydrogen-bond acceptors (Lipinski definition) is 4. The highest BCUT2D eigenvalue weighted by Gasteiger charge is 2.17. The molecule has 0 aliphatic carbocycles. The van der Waals surface area contributed by atoms with Crippen LogP contribution in [0.2, 0.25) is 0 Å². The number of carboxylic acid groups (broad SMARTS) is 1. The minimum absolute atomic E-state index is 0.0131. The lowest BCUT2D eigenvalue weighted by molar-refractivity contribution is -0.136. The van der Waals surface area contributed by atoms with E-state index in [4.69, 9.17) is 5.11 Å². The molecule has 3 rings (SSSR count). The summed E-state index contributed by atoms with van der Waals surface area (Å²) in [6, 6.07) is 4.89. The van der Waals surface area contributed by atoms with Crippen LogP contribution in [-0.2, 0) is 11.2 Å². The van der Waals surface area contributed by atoms with E-state index in [1.54, 1.807) is 0 Å². The highest BCUT2D eigenvalue weighted by molar-refractivity contribution is 5.69. The first-order valence-electron chi connectivity index (χ1n) is 5.93. The van der Waals surface area contributed by atoms with Crippen LogP contribution in [-0.4, -0.2) is 30.7 Å². The lowest BCUT2D eigenvalue weighted by atomic mass is 10.1. The molecule has 8 heteroatoms. The molecule has 0 aliphatic rings. The second-order valence-corrected chi connectivity index (χ2v) is 4.24. The third-order valence-electron chi connectivity index (χ3n) is 2.81. The number of halogens is 2. The fourth-order valence-electron chi connectivity index (χ4n) is 1.98. The molecule has 2 aromatic heterocycles. The predicted molar refractivity (Wildman–Crippen MR) is 67.5 cm³/mol. The highest BCUT2D eigenvalue weighted by Crippen LogP contribution is 2.25. The Morgan fingerprint density at radius 3 is 2.62 bits per heavy atom. The molecule has 1 N–H and O–H groups in total. The quantitative estimate of drug-likeness (QED) is 0.794. The first-order valence-corrected chi connectivity index (χ1v) is 5.93. The number of rotatable bonds is 3. The van der Waals surface area contributed by atoms with Gasteiger partial charge in [-0.15, -0.1) is 5.10 Å². The number of carboxylic acids is 1. The Labute approximate surface area is 116 Å². The van der Waals surface area contributed by atoms with Crippen molar-refractivity contribution in [1.29, 1.82) is 0 Å². The molecule has 0 aliphatic heterocycles. The molecule has 0 bridgehead atoms. The molecule has 3 aromatic rings. The maximum Gasteiger partial charge on any atom is 0.311 e. The summed E-state index contributed by atoms with van der Waals surface area (Å²) in [5.41, 5.74) is -0.156. The van der Waals surface area contributed by atoms with Gasteiger partial charge < -0.3 is 5.11 Å². The first kappa shape index (κ1) is 13.1. The summed E-state index contributed by atoms with van der Waals surface area (Å²) in [7, 11) is 0. The number of benzene rings is 1. The Bertz CT molecular complexity index is 827. The Morgan fingerprint density at radius 2 is 1.95 bits per heavy atom. The second kappa shape index (κ2) is 4.89. The number of aliphatic carboxylic acids is 1. The molecule has 0 fully saturated rings. The molecule has 106 valence electrons. The van der Waals surface area contributed by atoms with Gasteiger partial charge in [0.1, 0.15) is 18.1 Å². The van der Waals surface area contributed by atoms with Gasteiger partial charge in [-0.3, -0.25) is 4.79 Å². The normalized spacial score (nSPS) is 11.0. The van der Waals surface area contributed by atoms with Crippen LogP contribution in [0.3, 0.4) is 0 Å². The predicted octanol–water partition coefficient (Wildman–Crippen LogP) is 1.70. The summed E-state index contributed by atoms with van der Waals surface area (Å²) in [6.45, 7) is 0. The van der Waals surface area contributed by atoms with E-state index in [1.807, 2.05) is 0 Å². The monoisotopic (exact) mass is 290 g/mol.